The predicted octanol–water partition coefficient (Wildman–Crippen LogP) is 3.32. The van der Waals surface area contributed by atoms with E-state index in [1.165, 1.54) is 12.4 Å². The maximum atomic E-state index is 13.7. The molecule has 3 aromatic rings. The van der Waals surface area contributed by atoms with Crippen molar-refractivity contribution >= 4 is 16.7 Å². The maximum absolute atomic E-state index is 13.7. The first-order valence-corrected chi connectivity index (χ1v) is 7.60. The molecule has 0 atom stereocenters. The summed E-state index contributed by atoms with van der Waals surface area (Å²) in [5, 5.41) is 7.81. The molecule has 0 aliphatic heterocycles. The molecule has 7 heteroatoms. The number of anilines is 1. The van der Waals surface area contributed by atoms with E-state index in [0.29, 0.717) is 35.6 Å². The van der Waals surface area contributed by atoms with Crippen molar-refractivity contribution in [1.29, 1.82) is 0 Å². The van der Waals surface area contributed by atoms with Gasteiger partial charge in [0.2, 0.25) is 5.89 Å². The van der Waals surface area contributed by atoms with Crippen molar-refractivity contribution in [2.45, 2.75) is 32.6 Å². The number of hydrogen-bond donors (Lipinski definition) is 1. The molecule has 1 N–H and O–H groups in total. The number of aryl methyl sites for hydroxylation is 1. The largest absolute Gasteiger partial charge is 0.369 e. The number of aromatic nitrogens is 4. The van der Waals surface area contributed by atoms with E-state index in [1.807, 2.05) is 13.8 Å². The Kier molecular flexibility index (Phi) is 4.45. The molecule has 0 radical (unpaired) electrons. The summed E-state index contributed by atoms with van der Waals surface area (Å²) < 4.78 is 18.9. The molecule has 6 nitrogen and oxygen atoms in total. The molecular weight excluding hydrogens is 297 g/mol. The molecule has 3 rings (SSSR count). The molecule has 1 aromatic carbocycles. The molecule has 0 saturated heterocycles. The Morgan fingerprint density at radius 3 is 2.91 bits per heavy atom. The van der Waals surface area contributed by atoms with Gasteiger partial charge in [0.15, 0.2) is 5.82 Å². The fourth-order valence-corrected chi connectivity index (χ4v) is 2.24. The van der Waals surface area contributed by atoms with Gasteiger partial charge in [-0.15, -0.1) is 0 Å². The van der Waals surface area contributed by atoms with Crippen LogP contribution in [-0.4, -0.2) is 26.7 Å². The lowest BCUT2D eigenvalue weighted by Crippen LogP contribution is -2.06. The average Bonchev–Trinajstić information content (AvgIpc) is 3.01. The molecule has 0 unspecified atom stereocenters. The van der Waals surface area contributed by atoms with E-state index in [4.69, 9.17) is 4.52 Å². The van der Waals surface area contributed by atoms with Crippen molar-refractivity contribution < 1.29 is 8.91 Å². The van der Waals surface area contributed by atoms with Crippen LogP contribution in [0.15, 0.2) is 29.0 Å². The third-order valence-corrected chi connectivity index (χ3v) is 3.48. The van der Waals surface area contributed by atoms with Gasteiger partial charge in [-0.1, -0.05) is 25.1 Å². The summed E-state index contributed by atoms with van der Waals surface area (Å²) in [6.07, 6.45) is 2.85. The predicted molar refractivity (Wildman–Crippen MR) is 84.7 cm³/mol. The van der Waals surface area contributed by atoms with Crippen LogP contribution in [0.25, 0.3) is 10.9 Å². The van der Waals surface area contributed by atoms with Crippen molar-refractivity contribution in [3.05, 3.63) is 42.1 Å². The molecule has 0 amide bonds. The van der Waals surface area contributed by atoms with Crippen LogP contribution in [0.3, 0.4) is 0 Å². The van der Waals surface area contributed by atoms with Crippen LogP contribution >= 0.6 is 0 Å². The Balaban J connectivity index is 1.59. The number of halogens is 1. The maximum Gasteiger partial charge on any atom is 0.226 e. The van der Waals surface area contributed by atoms with E-state index in [1.54, 1.807) is 12.1 Å². The van der Waals surface area contributed by atoms with Crippen LogP contribution in [0, 0.1) is 5.82 Å². The minimum atomic E-state index is -0.347. The zero-order valence-electron chi connectivity index (χ0n) is 13.1. The quantitative estimate of drug-likeness (QED) is 0.703. The summed E-state index contributed by atoms with van der Waals surface area (Å²) in [5.74, 6) is 1.90. The van der Waals surface area contributed by atoms with Gasteiger partial charge in [-0.2, -0.15) is 4.98 Å². The lowest BCUT2D eigenvalue weighted by molar-refractivity contribution is 0.369. The van der Waals surface area contributed by atoms with E-state index in [0.717, 1.165) is 12.2 Å². The van der Waals surface area contributed by atoms with Crippen molar-refractivity contribution in [3.63, 3.8) is 0 Å². The van der Waals surface area contributed by atoms with Gasteiger partial charge in [0, 0.05) is 24.3 Å². The first-order valence-electron chi connectivity index (χ1n) is 7.60. The minimum Gasteiger partial charge on any atom is -0.369 e. The van der Waals surface area contributed by atoms with Crippen LogP contribution in [-0.2, 0) is 6.42 Å². The monoisotopic (exact) mass is 315 g/mol. The number of benzene rings is 1. The van der Waals surface area contributed by atoms with Crippen molar-refractivity contribution in [2.75, 3.05) is 11.9 Å². The van der Waals surface area contributed by atoms with Crippen LogP contribution in [0.4, 0.5) is 10.2 Å². The van der Waals surface area contributed by atoms with Gasteiger partial charge < -0.3 is 9.84 Å². The van der Waals surface area contributed by atoms with Gasteiger partial charge in [-0.25, -0.2) is 14.4 Å². The fourth-order valence-electron chi connectivity index (χ4n) is 2.24. The number of para-hydroxylation sites is 1. The second kappa shape index (κ2) is 6.68. The third kappa shape index (κ3) is 3.44. The first-order chi connectivity index (χ1) is 11.1. The van der Waals surface area contributed by atoms with E-state index < -0.39 is 0 Å². The Morgan fingerprint density at radius 1 is 1.26 bits per heavy atom. The van der Waals surface area contributed by atoms with E-state index in [-0.39, 0.29) is 11.7 Å². The molecule has 0 aliphatic carbocycles. The van der Waals surface area contributed by atoms with Crippen molar-refractivity contribution in [1.82, 2.24) is 20.1 Å². The van der Waals surface area contributed by atoms with Gasteiger partial charge in [0.05, 0.1) is 0 Å². The highest BCUT2D eigenvalue weighted by Crippen LogP contribution is 2.21. The smallest absolute Gasteiger partial charge is 0.226 e. The van der Waals surface area contributed by atoms with Gasteiger partial charge in [0.25, 0.3) is 0 Å². The Labute approximate surface area is 133 Å². The molecular formula is C16H18FN5O. The summed E-state index contributed by atoms with van der Waals surface area (Å²) in [7, 11) is 0. The van der Waals surface area contributed by atoms with Crippen molar-refractivity contribution in [2.24, 2.45) is 0 Å². The number of nitrogens with one attached hydrogen (secondary N) is 1. The molecule has 0 fully saturated rings. The Hall–Kier alpha value is -2.57. The molecule has 0 aliphatic rings. The van der Waals surface area contributed by atoms with Gasteiger partial charge in [0.1, 0.15) is 23.5 Å². The van der Waals surface area contributed by atoms with E-state index in [9.17, 15) is 4.39 Å². The zero-order valence-corrected chi connectivity index (χ0v) is 13.1. The summed E-state index contributed by atoms with van der Waals surface area (Å²) in [5.41, 5.74) is 0.323. The highest BCUT2D eigenvalue weighted by molar-refractivity contribution is 5.89. The molecule has 0 spiro atoms. The Morgan fingerprint density at radius 2 is 2.13 bits per heavy atom. The van der Waals surface area contributed by atoms with E-state index in [2.05, 4.69) is 25.4 Å². The number of rotatable bonds is 6. The molecule has 120 valence electrons. The lowest BCUT2D eigenvalue weighted by Gasteiger charge is -2.07. The summed E-state index contributed by atoms with van der Waals surface area (Å²) in [4.78, 5) is 12.5. The van der Waals surface area contributed by atoms with Gasteiger partial charge >= 0.3 is 0 Å². The standard InChI is InChI=1S/C16H18FN5O/c1-10(2)15-21-13(23-22-15)7-4-8-18-16-11-5-3-6-12(17)14(11)19-9-20-16/h3,5-6,9-10H,4,7-8H2,1-2H3,(H,18,19,20). The average molecular weight is 315 g/mol. The fraction of sp³-hybridized carbons (Fsp3) is 0.375. The minimum absolute atomic E-state index is 0.257. The topological polar surface area (TPSA) is 76.7 Å². The van der Waals surface area contributed by atoms with Gasteiger partial charge in [-0.3, -0.25) is 0 Å². The highest BCUT2D eigenvalue weighted by Gasteiger charge is 2.10. The molecule has 23 heavy (non-hydrogen) atoms. The highest BCUT2D eigenvalue weighted by atomic mass is 19.1. The van der Waals surface area contributed by atoms with Crippen LogP contribution in [0.2, 0.25) is 0 Å². The third-order valence-electron chi connectivity index (χ3n) is 3.48. The summed E-state index contributed by atoms with van der Waals surface area (Å²) in [6.45, 7) is 4.72. The van der Waals surface area contributed by atoms with Crippen LogP contribution in [0.1, 0.15) is 37.9 Å². The Bertz CT molecular complexity index is 802. The van der Waals surface area contributed by atoms with Gasteiger partial charge in [-0.05, 0) is 18.6 Å². The molecule has 2 aromatic heterocycles. The normalized spacial score (nSPS) is 11.3. The number of fused-ring (bicyclic) bond motifs is 1. The SMILES string of the molecule is CC(C)c1noc(CCCNc2ncnc3c(F)cccc23)n1. The first kappa shape index (κ1) is 15.3. The second-order valence-corrected chi connectivity index (χ2v) is 5.59. The van der Waals surface area contributed by atoms with Crippen LogP contribution in [0.5, 0.6) is 0 Å². The number of nitrogens with zero attached hydrogens (tertiary/aromatic N) is 4. The second-order valence-electron chi connectivity index (χ2n) is 5.59. The lowest BCUT2D eigenvalue weighted by atomic mass is 10.2. The van der Waals surface area contributed by atoms with E-state index >= 15 is 0 Å². The molecule has 0 saturated carbocycles. The number of hydrogen-bond acceptors (Lipinski definition) is 6. The summed E-state index contributed by atoms with van der Waals surface area (Å²) in [6, 6.07) is 4.84. The molecule has 2 heterocycles. The van der Waals surface area contributed by atoms with Crippen LogP contribution < -0.4 is 5.32 Å². The zero-order chi connectivity index (χ0) is 16.2. The van der Waals surface area contributed by atoms with Crippen molar-refractivity contribution in [3.8, 4) is 0 Å². The summed E-state index contributed by atoms with van der Waals surface area (Å²) >= 11 is 0. The molecule has 0 bridgehead atoms.